The zero-order chi connectivity index (χ0) is 15.5. The van der Waals surface area contributed by atoms with Gasteiger partial charge in [0.1, 0.15) is 5.75 Å². The van der Waals surface area contributed by atoms with Crippen molar-refractivity contribution in [3.8, 4) is 5.75 Å². The van der Waals surface area contributed by atoms with E-state index in [1.807, 2.05) is 62.4 Å². The number of rotatable bonds is 4. The summed E-state index contributed by atoms with van der Waals surface area (Å²) in [6, 6.07) is 15.6. The number of halogens is 1. The highest BCUT2D eigenvalue weighted by molar-refractivity contribution is 6.31. The van der Waals surface area contributed by atoms with Crippen LogP contribution in [0.1, 0.15) is 12.6 Å². The van der Waals surface area contributed by atoms with Gasteiger partial charge in [-0.15, -0.1) is 0 Å². The molecule has 0 aliphatic heterocycles. The average molecular weight is 313 g/mol. The molecule has 0 unspecified atom stereocenters. The maximum Gasteiger partial charge on any atom is 0.142 e. The Hall–Kier alpha value is -2.26. The fourth-order valence-electron chi connectivity index (χ4n) is 2.43. The molecule has 2 aromatic carbocycles. The molecular formula is C18H17ClN2O. The molecule has 1 heterocycles. The average Bonchev–Trinajstić information content (AvgIpc) is 2.50. The maximum atomic E-state index is 6.13. The number of benzene rings is 2. The molecule has 3 nitrogen and oxygen atoms in total. The second kappa shape index (κ2) is 6.24. The van der Waals surface area contributed by atoms with Crippen LogP contribution >= 0.6 is 11.6 Å². The molecule has 0 fully saturated rings. The summed E-state index contributed by atoms with van der Waals surface area (Å²) < 4.78 is 5.67. The summed E-state index contributed by atoms with van der Waals surface area (Å²) >= 11 is 6.13. The zero-order valence-corrected chi connectivity index (χ0v) is 13.3. The first-order valence-electron chi connectivity index (χ1n) is 7.23. The van der Waals surface area contributed by atoms with Crippen LogP contribution in [0.2, 0.25) is 5.02 Å². The van der Waals surface area contributed by atoms with Crippen LogP contribution in [-0.4, -0.2) is 11.6 Å². The van der Waals surface area contributed by atoms with Gasteiger partial charge in [-0.05, 0) is 50.2 Å². The fourth-order valence-corrected chi connectivity index (χ4v) is 2.60. The lowest BCUT2D eigenvalue weighted by atomic mass is 10.1. The molecule has 0 bridgehead atoms. The second-order valence-electron chi connectivity index (χ2n) is 5.03. The quantitative estimate of drug-likeness (QED) is 0.706. The Labute approximate surface area is 134 Å². The van der Waals surface area contributed by atoms with Crippen molar-refractivity contribution in [3.63, 3.8) is 0 Å². The Bertz CT molecular complexity index is 817. The van der Waals surface area contributed by atoms with E-state index < -0.39 is 0 Å². The van der Waals surface area contributed by atoms with Gasteiger partial charge in [0, 0.05) is 21.8 Å². The van der Waals surface area contributed by atoms with Crippen molar-refractivity contribution < 1.29 is 4.74 Å². The van der Waals surface area contributed by atoms with Crippen LogP contribution in [0.5, 0.6) is 5.75 Å². The lowest BCUT2D eigenvalue weighted by Crippen LogP contribution is -1.99. The molecule has 0 radical (unpaired) electrons. The van der Waals surface area contributed by atoms with Gasteiger partial charge in [-0.1, -0.05) is 23.7 Å². The number of hydrogen-bond acceptors (Lipinski definition) is 3. The Balaban J connectivity index is 2.09. The van der Waals surface area contributed by atoms with Crippen molar-refractivity contribution in [2.24, 2.45) is 0 Å². The Morgan fingerprint density at radius 1 is 1.09 bits per heavy atom. The molecular weight excluding hydrogens is 296 g/mol. The van der Waals surface area contributed by atoms with Crippen molar-refractivity contribution in [2.45, 2.75) is 13.8 Å². The molecule has 1 N–H and O–H groups in total. The summed E-state index contributed by atoms with van der Waals surface area (Å²) in [5.41, 5.74) is 3.76. The van der Waals surface area contributed by atoms with Gasteiger partial charge in [-0.25, -0.2) is 0 Å². The highest BCUT2D eigenvalue weighted by Gasteiger charge is 2.08. The van der Waals surface area contributed by atoms with Crippen LogP contribution in [0.15, 0.2) is 48.5 Å². The molecule has 0 atom stereocenters. The minimum absolute atomic E-state index is 0.626. The van der Waals surface area contributed by atoms with Gasteiger partial charge in [-0.2, -0.15) is 0 Å². The first kappa shape index (κ1) is 14.7. The number of nitrogens with one attached hydrogen (secondary N) is 1. The minimum Gasteiger partial charge on any atom is -0.492 e. The number of nitrogens with zero attached hydrogens (tertiary/aromatic N) is 1. The van der Waals surface area contributed by atoms with Gasteiger partial charge >= 0.3 is 0 Å². The number of anilines is 2. The lowest BCUT2D eigenvalue weighted by Gasteiger charge is -2.14. The van der Waals surface area contributed by atoms with Gasteiger partial charge in [0.15, 0.2) is 0 Å². The Morgan fingerprint density at radius 2 is 1.91 bits per heavy atom. The summed E-state index contributed by atoms with van der Waals surface area (Å²) in [6.07, 6.45) is 0. The standard InChI is InChI=1S/C18H17ClN2O/c1-3-22-18-7-5-4-6-16(18)21-17-10-12(2)20-15-9-8-13(19)11-14(15)17/h4-11H,3H2,1-2H3,(H,20,21). The predicted octanol–water partition coefficient (Wildman–Crippen LogP) is 5.34. The van der Waals surface area contributed by atoms with E-state index in [1.165, 1.54) is 0 Å². The van der Waals surface area contributed by atoms with Crippen molar-refractivity contribution in [1.29, 1.82) is 0 Å². The third-order valence-electron chi connectivity index (χ3n) is 3.36. The summed E-state index contributed by atoms with van der Waals surface area (Å²) in [7, 11) is 0. The molecule has 3 aromatic rings. The Kier molecular flexibility index (Phi) is 4.16. The number of aryl methyl sites for hydroxylation is 1. The Morgan fingerprint density at radius 3 is 2.73 bits per heavy atom. The molecule has 0 aliphatic carbocycles. The normalized spacial score (nSPS) is 10.7. The molecule has 1 aromatic heterocycles. The number of hydrogen-bond donors (Lipinski definition) is 1. The first-order valence-corrected chi connectivity index (χ1v) is 7.61. The summed E-state index contributed by atoms with van der Waals surface area (Å²) in [6.45, 7) is 4.58. The summed E-state index contributed by atoms with van der Waals surface area (Å²) in [5.74, 6) is 0.828. The molecule has 22 heavy (non-hydrogen) atoms. The number of pyridine rings is 1. The highest BCUT2D eigenvalue weighted by Crippen LogP contribution is 2.32. The van der Waals surface area contributed by atoms with E-state index >= 15 is 0 Å². The van der Waals surface area contributed by atoms with E-state index in [9.17, 15) is 0 Å². The van der Waals surface area contributed by atoms with Crippen LogP contribution in [0, 0.1) is 6.92 Å². The molecule has 3 rings (SSSR count). The zero-order valence-electron chi connectivity index (χ0n) is 12.6. The van der Waals surface area contributed by atoms with E-state index in [0.29, 0.717) is 11.6 Å². The third-order valence-corrected chi connectivity index (χ3v) is 3.59. The van der Waals surface area contributed by atoms with Gasteiger partial charge in [0.25, 0.3) is 0 Å². The van der Waals surface area contributed by atoms with E-state index in [2.05, 4.69) is 10.3 Å². The topological polar surface area (TPSA) is 34.1 Å². The van der Waals surface area contributed by atoms with Crippen LogP contribution in [-0.2, 0) is 0 Å². The molecule has 0 spiro atoms. The molecule has 4 heteroatoms. The van der Waals surface area contributed by atoms with Crippen molar-refractivity contribution >= 4 is 33.9 Å². The maximum absolute atomic E-state index is 6.13. The van der Waals surface area contributed by atoms with Crippen LogP contribution in [0.3, 0.4) is 0 Å². The SMILES string of the molecule is CCOc1ccccc1Nc1cc(C)nc2ccc(Cl)cc12. The van der Waals surface area contributed by atoms with E-state index in [0.717, 1.165) is 33.7 Å². The number of para-hydroxylation sites is 2. The second-order valence-corrected chi connectivity index (χ2v) is 5.46. The molecule has 0 aliphatic rings. The van der Waals surface area contributed by atoms with E-state index in [-0.39, 0.29) is 0 Å². The molecule has 0 saturated carbocycles. The summed E-state index contributed by atoms with van der Waals surface area (Å²) in [5, 5.41) is 5.13. The highest BCUT2D eigenvalue weighted by atomic mass is 35.5. The predicted molar refractivity (Wildman–Crippen MR) is 92.4 cm³/mol. The monoisotopic (exact) mass is 312 g/mol. The number of fused-ring (bicyclic) bond motifs is 1. The van der Waals surface area contributed by atoms with Gasteiger partial charge in [0.05, 0.1) is 17.8 Å². The van der Waals surface area contributed by atoms with Crippen molar-refractivity contribution in [1.82, 2.24) is 4.98 Å². The fraction of sp³-hybridized carbons (Fsp3) is 0.167. The van der Waals surface area contributed by atoms with Crippen molar-refractivity contribution in [3.05, 3.63) is 59.2 Å². The van der Waals surface area contributed by atoms with Gasteiger partial charge in [0.2, 0.25) is 0 Å². The van der Waals surface area contributed by atoms with Crippen LogP contribution in [0.4, 0.5) is 11.4 Å². The van der Waals surface area contributed by atoms with E-state index in [4.69, 9.17) is 16.3 Å². The van der Waals surface area contributed by atoms with Gasteiger partial charge in [-0.3, -0.25) is 4.98 Å². The molecule has 112 valence electrons. The number of aromatic nitrogens is 1. The van der Waals surface area contributed by atoms with Crippen molar-refractivity contribution in [2.75, 3.05) is 11.9 Å². The number of ether oxygens (including phenoxy) is 1. The van der Waals surface area contributed by atoms with Crippen LogP contribution in [0.25, 0.3) is 10.9 Å². The largest absolute Gasteiger partial charge is 0.492 e. The minimum atomic E-state index is 0.626. The van der Waals surface area contributed by atoms with Gasteiger partial charge < -0.3 is 10.1 Å². The smallest absolute Gasteiger partial charge is 0.142 e. The first-order chi connectivity index (χ1) is 10.7. The molecule has 0 saturated heterocycles. The molecule has 0 amide bonds. The summed E-state index contributed by atoms with van der Waals surface area (Å²) in [4.78, 5) is 4.55. The van der Waals surface area contributed by atoms with Crippen LogP contribution < -0.4 is 10.1 Å². The van der Waals surface area contributed by atoms with E-state index in [1.54, 1.807) is 0 Å². The third kappa shape index (κ3) is 3.00. The lowest BCUT2D eigenvalue weighted by molar-refractivity contribution is 0.342.